The highest BCUT2D eigenvalue weighted by Gasteiger charge is 2.39. The lowest BCUT2D eigenvalue weighted by atomic mass is 10.1. The van der Waals surface area contributed by atoms with E-state index in [2.05, 4.69) is 20.6 Å². The number of aliphatic hydroxyl groups excluding tert-OH is 1. The molecule has 5 unspecified atom stereocenters. The lowest BCUT2D eigenvalue weighted by Gasteiger charge is -2.29. The minimum Gasteiger partial charge on any atom is -0.480 e. The summed E-state index contributed by atoms with van der Waals surface area (Å²) in [6.07, 6.45) is 2.83. The van der Waals surface area contributed by atoms with Crippen LogP contribution in [0.4, 0.5) is 0 Å². The van der Waals surface area contributed by atoms with E-state index in [1.165, 1.54) is 31.3 Å². The summed E-state index contributed by atoms with van der Waals surface area (Å²) in [5, 5.41) is 23.5. The summed E-state index contributed by atoms with van der Waals surface area (Å²) in [5.74, 6) is -2.96. The maximum Gasteiger partial charge on any atom is 0.325 e. The maximum atomic E-state index is 13.2. The summed E-state index contributed by atoms with van der Waals surface area (Å²) in [4.78, 5) is 57.1. The van der Waals surface area contributed by atoms with Crippen molar-refractivity contribution in [2.24, 2.45) is 5.73 Å². The molecular formula is C18H28N6O6. The van der Waals surface area contributed by atoms with Crippen molar-refractivity contribution in [2.45, 2.75) is 63.4 Å². The number of nitrogens with two attached hydrogens (primary N) is 1. The summed E-state index contributed by atoms with van der Waals surface area (Å²) >= 11 is 0. The van der Waals surface area contributed by atoms with E-state index in [1.54, 1.807) is 0 Å². The number of hydrogen-bond donors (Lipinski definition) is 6. The monoisotopic (exact) mass is 424 g/mol. The number of H-pyrrole nitrogens is 1. The lowest BCUT2D eigenvalue weighted by molar-refractivity contribution is -0.144. The molecule has 0 aromatic carbocycles. The smallest absolute Gasteiger partial charge is 0.325 e. The number of carboxylic acids is 1. The first-order valence-corrected chi connectivity index (χ1v) is 9.66. The second-order valence-electron chi connectivity index (χ2n) is 7.37. The number of aromatic nitrogens is 2. The zero-order valence-corrected chi connectivity index (χ0v) is 16.9. The summed E-state index contributed by atoms with van der Waals surface area (Å²) in [6.45, 7) is 2.98. The summed E-state index contributed by atoms with van der Waals surface area (Å²) in [6, 6.07) is -4.21. The Balaban J connectivity index is 2.17. The van der Waals surface area contributed by atoms with Crippen molar-refractivity contribution in [3.05, 3.63) is 18.2 Å². The third kappa shape index (κ3) is 5.76. The van der Waals surface area contributed by atoms with E-state index < -0.39 is 54.0 Å². The topological polar surface area (TPSA) is 191 Å². The molecule has 5 atom stereocenters. The number of carbonyl (C=O) groups excluding carboxylic acids is 3. The van der Waals surface area contributed by atoms with E-state index in [0.29, 0.717) is 18.5 Å². The Hall–Kier alpha value is -2.99. The second-order valence-corrected chi connectivity index (χ2v) is 7.37. The van der Waals surface area contributed by atoms with Gasteiger partial charge in [0.1, 0.15) is 24.2 Å². The number of carbonyl (C=O) groups is 4. The standard InChI is InChI=1S/C18H28N6O6/c1-9(18(29)30)22-15(26)13-4-3-5-24(13)17(28)12(6-11-7-20-8-21-11)23-16(27)14(19)10(2)25/h7-10,12-14,25H,3-6,19H2,1-2H3,(H,20,21)(H,22,26)(H,23,27)(H,29,30). The highest BCUT2D eigenvalue weighted by molar-refractivity contribution is 5.94. The molecule has 7 N–H and O–H groups in total. The van der Waals surface area contributed by atoms with Gasteiger partial charge in [0.15, 0.2) is 0 Å². The van der Waals surface area contributed by atoms with Crippen LogP contribution in [-0.4, -0.2) is 85.6 Å². The van der Waals surface area contributed by atoms with Gasteiger partial charge in [-0.15, -0.1) is 0 Å². The van der Waals surface area contributed by atoms with E-state index in [-0.39, 0.29) is 13.0 Å². The Bertz CT molecular complexity index is 767. The van der Waals surface area contributed by atoms with Crippen LogP contribution in [0.3, 0.4) is 0 Å². The molecule has 1 fully saturated rings. The van der Waals surface area contributed by atoms with Crippen molar-refractivity contribution in [1.29, 1.82) is 0 Å². The van der Waals surface area contributed by atoms with Crippen LogP contribution in [0.25, 0.3) is 0 Å². The average molecular weight is 424 g/mol. The van der Waals surface area contributed by atoms with Gasteiger partial charge < -0.3 is 36.5 Å². The van der Waals surface area contributed by atoms with Crippen LogP contribution in [0.1, 0.15) is 32.4 Å². The van der Waals surface area contributed by atoms with Crippen LogP contribution in [0, 0.1) is 0 Å². The SMILES string of the molecule is CC(NC(=O)C1CCCN1C(=O)C(Cc1cnc[nH]1)NC(=O)C(N)C(C)O)C(=O)O. The Morgan fingerprint density at radius 3 is 2.60 bits per heavy atom. The van der Waals surface area contributed by atoms with E-state index in [1.807, 2.05) is 0 Å². The molecule has 0 radical (unpaired) electrons. The molecule has 3 amide bonds. The Morgan fingerprint density at radius 1 is 1.33 bits per heavy atom. The van der Waals surface area contributed by atoms with E-state index in [4.69, 9.17) is 10.8 Å². The van der Waals surface area contributed by atoms with Gasteiger partial charge in [-0.25, -0.2) is 4.98 Å². The maximum absolute atomic E-state index is 13.2. The van der Waals surface area contributed by atoms with Gasteiger partial charge in [-0.3, -0.25) is 19.2 Å². The highest BCUT2D eigenvalue weighted by Crippen LogP contribution is 2.20. The van der Waals surface area contributed by atoms with Gasteiger partial charge in [0, 0.05) is 24.9 Å². The highest BCUT2D eigenvalue weighted by atomic mass is 16.4. The molecule has 166 valence electrons. The number of rotatable bonds is 9. The number of aromatic amines is 1. The average Bonchev–Trinajstić information content (AvgIpc) is 3.37. The third-order valence-electron chi connectivity index (χ3n) is 4.98. The molecule has 2 rings (SSSR count). The van der Waals surface area contributed by atoms with E-state index >= 15 is 0 Å². The Labute approximate surface area is 173 Å². The molecule has 12 nitrogen and oxygen atoms in total. The second kappa shape index (κ2) is 10.2. The lowest BCUT2D eigenvalue weighted by Crippen LogP contribution is -2.58. The quantitative estimate of drug-likeness (QED) is 0.255. The molecule has 30 heavy (non-hydrogen) atoms. The molecule has 0 bridgehead atoms. The van der Waals surface area contributed by atoms with Crippen molar-refractivity contribution in [1.82, 2.24) is 25.5 Å². The first-order valence-electron chi connectivity index (χ1n) is 9.66. The molecule has 0 saturated carbocycles. The van der Waals surface area contributed by atoms with Crippen molar-refractivity contribution in [2.75, 3.05) is 6.54 Å². The number of aliphatic carboxylic acids is 1. The molecule has 12 heteroatoms. The van der Waals surface area contributed by atoms with Crippen LogP contribution in [0.15, 0.2) is 12.5 Å². The zero-order valence-electron chi connectivity index (χ0n) is 16.9. The Morgan fingerprint density at radius 2 is 2.03 bits per heavy atom. The minimum atomic E-state index is -1.23. The molecule has 2 heterocycles. The molecule has 1 aromatic heterocycles. The first-order chi connectivity index (χ1) is 14.1. The van der Waals surface area contributed by atoms with Gasteiger partial charge in [-0.2, -0.15) is 0 Å². The van der Waals surface area contributed by atoms with Gasteiger partial charge in [-0.1, -0.05) is 0 Å². The molecule has 0 aliphatic carbocycles. The minimum absolute atomic E-state index is 0.0769. The van der Waals surface area contributed by atoms with Gasteiger partial charge >= 0.3 is 5.97 Å². The van der Waals surface area contributed by atoms with Gasteiger partial charge in [0.25, 0.3) is 0 Å². The molecule has 1 aliphatic rings. The fraction of sp³-hybridized carbons (Fsp3) is 0.611. The molecule has 1 saturated heterocycles. The largest absolute Gasteiger partial charge is 0.480 e. The number of likely N-dealkylation sites (tertiary alicyclic amines) is 1. The van der Waals surface area contributed by atoms with Crippen LogP contribution in [-0.2, 0) is 25.6 Å². The van der Waals surface area contributed by atoms with Crippen molar-refractivity contribution in [3.63, 3.8) is 0 Å². The Kier molecular flexibility index (Phi) is 7.89. The van der Waals surface area contributed by atoms with E-state index in [9.17, 15) is 24.3 Å². The molecular weight excluding hydrogens is 396 g/mol. The van der Waals surface area contributed by atoms with Crippen LogP contribution in [0.5, 0.6) is 0 Å². The number of hydrogen-bond acceptors (Lipinski definition) is 7. The molecule has 1 aromatic rings. The predicted molar refractivity (Wildman–Crippen MR) is 104 cm³/mol. The molecule has 0 spiro atoms. The number of carboxylic acid groups (broad SMARTS) is 1. The van der Waals surface area contributed by atoms with Crippen molar-refractivity contribution >= 4 is 23.7 Å². The molecule has 1 aliphatic heterocycles. The van der Waals surface area contributed by atoms with Crippen LogP contribution in [0.2, 0.25) is 0 Å². The van der Waals surface area contributed by atoms with Crippen molar-refractivity contribution < 1.29 is 29.4 Å². The van der Waals surface area contributed by atoms with E-state index in [0.717, 1.165) is 0 Å². The normalized spacial score (nSPS) is 20.1. The van der Waals surface area contributed by atoms with Crippen LogP contribution >= 0.6 is 0 Å². The fourth-order valence-electron chi connectivity index (χ4n) is 3.18. The summed E-state index contributed by atoms with van der Waals surface area (Å²) in [7, 11) is 0. The summed E-state index contributed by atoms with van der Waals surface area (Å²) < 4.78 is 0. The predicted octanol–water partition coefficient (Wildman–Crippen LogP) is -2.27. The van der Waals surface area contributed by atoms with Crippen LogP contribution < -0.4 is 16.4 Å². The van der Waals surface area contributed by atoms with Gasteiger partial charge in [-0.05, 0) is 26.7 Å². The fourth-order valence-corrected chi connectivity index (χ4v) is 3.18. The number of nitrogens with one attached hydrogen (secondary N) is 3. The number of imidazole rings is 1. The van der Waals surface area contributed by atoms with Gasteiger partial charge in [0.2, 0.25) is 17.7 Å². The number of aliphatic hydroxyl groups is 1. The number of amides is 3. The first kappa shape index (κ1) is 23.3. The number of nitrogens with zero attached hydrogens (tertiary/aromatic N) is 2. The zero-order chi connectivity index (χ0) is 22.4. The third-order valence-corrected chi connectivity index (χ3v) is 4.98. The van der Waals surface area contributed by atoms with Crippen molar-refractivity contribution in [3.8, 4) is 0 Å². The summed E-state index contributed by atoms with van der Waals surface area (Å²) in [5.41, 5.74) is 6.25. The van der Waals surface area contributed by atoms with Gasteiger partial charge in [0.05, 0.1) is 12.4 Å².